The number of carbonyl (C=O) groups excluding carboxylic acids is 2. The number of benzene rings is 2. The van der Waals surface area contributed by atoms with E-state index in [9.17, 15) is 28.0 Å². The molecule has 0 spiro atoms. The van der Waals surface area contributed by atoms with Gasteiger partial charge in [-0.25, -0.2) is 23.1 Å². The maximum Gasteiger partial charge on any atom is 0.335 e. The molecule has 1 saturated carbocycles. The van der Waals surface area contributed by atoms with E-state index in [1.54, 1.807) is 13.8 Å². The normalized spacial score (nSPS) is 13.0. The van der Waals surface area contributed by atoms with Crippen LogP contribution in [0.1, 0.15) is 49.5 Å². The average Bonchev–Trinajstić information content (AvgIpc) is 2.90. The van der Waals surface area contributed by atoms with Crippen molar-refractivity contribution in [3.63, 3.8) is 0 Å². The van der Waals surface area contributed by atoms with Gasteiger partial charge in [0.05, 0.1) is 5.69 Å². The largest absolute Gasteiger partial charge is 0.454 e. The van der Waals surface area contributed by atoms with Crippen molar-refractivity contribution in [3.8, 4) is 17.2 Å². The summed E-state index contributed by atoms with van der Waals surface area (Å²) in [5.74, 6) is -2.02. The van der Waals surface area contributed by atoms with E-state index in [4.69, 9.17) is 4.74 Å². The van der Waals surface area contributed by atoms with Crippen molar-refractivity contribution in [1.82, 2.24) is 14.1 Å². The Labute approximate surface area is 238 Å². The molecule has 5 rings (SSSR count). The summed E-state index contributed by atoms with van der Waals surface area (Å²) in [6.45, 7) is 3.40. The molecule has 1 aliphatic rings. The molecule has 2 amide bonds. The summed E-state index contributed by atoms with van der Waals surface area (Å²) in [6, 6.07) is 11.0. The fourth-order valence-corrected chi connectivity index (χ4v) is 4.34. The van der Waals surface area contributed by atoms with Crippen LogP contribution in [0.25, 0.3) is 5.69 Å². The van der Waals surface area contributed by atoms with E-state index in [0.717, 1.165) is 48.2 Å². The third-order valence-electron chi connectivity index (χ3n) is 6.88. The van der Waals surface area contributed by atoms with Gasteiger partial charge in [-0.3, -0.25) is 19.0 Å². The lowest BCUT2D eigenvalue weighted by atomic mass is 9.85. The number of pyridine rings is 1. The first-order valence-electron chi connectivity index (χ1n) is 13.3. The lowest BCUT2D eigenvalue weighted by molar-refractivity contribution is -0.122. The van der Waals surface area contributed by atoms with Crippen molar-refractivity contribution >= 4 is 23.3 Å². The lowest BCUT2D eigenvalue weighted by Gasteiger charge is -2.23. The predicted molar refractivity (Wildman–Crippen MR) is 151 cm³/mol. The third kappa shape index (κ3) is 5.97. The van der Waals surface area contributed by atoms with Gasteiger partial charge >= 0.3 is 5.69 Å². The van der Waals surface area contributed by atoms with Gasteiger partial charge in [-0.05, 0) is 69.2 Å². The number of rotatable bonds is 8. The number of ether oxygens (including phenoxy) is 1. The van der Waals surface area contributed by atoms with Crippen molar-refractivity contribution in [3.05, 3.63) is 105 Å². The summed E-state index contributed by atoms with van der Waals surface area (Å²) in [5, 5.41) is 5.21. The molecule has 10 nitrogen and oxygen atoms in total. The number of hydrogen-bond acceptors (Lipinski definition) is 6. The smallest absolute Gasteiger partial charge is 0.335 e. The quantitative estimate of drug-likeness (QED) is 0.304. The number of nitrogens with one attached hydrogen (secondary N) is 2. The van der Waals surface area contributed by atoms with Crippen LogP contribution < -0.4 is 26.6 Å². The van der Waals surface area contributed by atoms with Crippen molar-refractivity contribution in [1.29, 1.82) is 0 Å². The van der Waals surface area contributed by atoms with Crippen LogP contribution >= 0.6 is 0 Å². The highest BCUT2D eigenvalue weighted by atomic mass is 19.1. The van der Waals surface area contributed by atoms with E-state index in [1.165, 1.54) is 47.2 Å². The molecular formula is C30H27F2N5O5. The van der Waals surface area contributed by atoms with E-state index in [2.05, 4.69) is 15.6 Å². The summed E-state index contributed by atoms with van der Waals surface area (Å²) in [7, 11) is 0. The molecule has 0 atom stereocenters. The Morgan fingerprint density at radius 3 is 2.38 bits per heavy atom. The second-order valence-electron chi connectivity index (χ2n) is 10.1. The number of aromatic nitrogens is 3. The van der Waals surface area contributed by atoms with Crippen LogP contribution in [0.15, 0.2) is 76.6 Å². The molecule has 216 valence electrons. The van der Waals surface area contributed by atoms with Crippen LogP contribution in [0, 0.1) is 17.6 Å². The first kappa shape index (κ1) is 28.4. The third-order valence-corrected chi connectivity index (χ3v) is 6.88. The van der Waals surface area contributed by atoms with Gasteiger partial charge in [0.25, 0.3) is 11.5 Å². The number of carbonyl (C=O) groups is 2. The fraction of sp³-hybridized carbons (Fsp3) is 0.233. The van der Waals surface area contributed by atoms with E-state index >= 15 is 0 Å². The summed E-state index contributed by atoms with van der Waals surface area (Å²) in [4.78, 5) is 55.7. The number of hydrogen-bond donors (Lipinski definition) is 2. The highest BCUT2D eigenvalue weighted by molar-refractivity contribution is 6.03. The molecule has 2 heterocycles. The molecular weight excluding hydrogens is 548 g/mol. The monoisotopic (exact) mass is 575 g/mol. The van der Waals surface area contributed by atoms with Crippen LogP contribution in [0.2, 0.25) is 0 Å². The minimum atomic E-state index is -0.917. The van der Waals surface area contributed by atoms with Gasteiger partial charge in [0, 0.05) is 42.2 Å². The fourth-order valence-electron chi connectivity index (χ4n) is 4.34. The Hall–Kier alpha value is -5.13. The van der Waals surface area contributed by atoms with Crippen LogP contribution in [0.4, 0.5) is 20.3 Å². The summed E-state index contributed by atoms with van der Waals surface area (Å²) in [5.41, 5.74) is -1.87. The molecule has 2 aromatic heterocycles. The minimum Gasteiger partial charge on any atom is -0.454 e. The average molecular weight is 576 g/mol. The van der Waals surface area contributed by atoms with Gasteiger partial charge in [-0.1, -0.05) is 6.42 Å². The SMILES string of the molecule is CC(C)n1cc(C(=O)Nc2ccc(Oc3ccnc(NC(=O)C4CCC4)c3)c(F)c2)c(=O)n(-c2ccc(F)cc2)c1=O. The van der Waals surface area contributed by atoms with Gasteiger partial charge in [0.2, 0.25) is 5.91 Å². The molecule has 0 aliphatic heterocycles. The molecule has 0 radical (unpaired) electrons. The van der Waals surface area contributed by atoms with Crippen molar-refractivity contribution in [2.24, 2.45) is 5.92 Å². The van der Waals surface area contributed by atoms with Gasteiger partial charge < -0.3 is 15.4 Å². The van der Waals surface area contributed by atoms with E-state index < -0.39 is 34.8 Å². The minimum absolute atomic E-state index is 0.0306. The lowest BCUT2D eigenvalue weighted by Crippen LogP contribution is -2.42. The van der Waals surface area contributed by atoms with E-state index in [-0.39, 0.29) is 46.1 Å². The number of amides is 2. The molecule has 2 aromatic carbocycles. The number of anilines is 2. The molecule has 2 N–H and O–H groups in total. The Kier molecular flexibility index (Phi) is 7.96. The second kappa shape index (κ2) is 11.8. The molecule has 12 heteroatoms. The van der Waals surface area contributed by atoms with Crippen LogP contribution in [0.3, 0.4) is 0 Å². The number of halogens is 2. The standard InChI is InChI=1S/C30H27F2N5O5/c1-17(2)36-16-23(29(40)37(30(36)41)21-9-6-19(31)7-10-21)28(39)34-20-8-11-25(24(32)14-20)42-22-12-13-33-26(15-22)35-27(38)18-4-3-5-18/h6-18H,3-5H2,1-2H3,(H,34,39)(H,33,35,38). The first-order valence-corrected chi connectivity index (χ1v) is 13.3. The van der Waals surface area contributed by atoms with E-state index in [0.29, 0.717) is 0 Å². The maximum absolute atomic E-state index is 15.0. The Bertz CT molecular complexity index is 1780. The molecule has 1 fully saturated rings. The highest BCUT2D eigenvalue weighted by Crippen LogP contribution is 2.30. The zero-order valence-corrected chi connectivity index (χ0v) is 22.8. The first-order chi connectivity index (χ1) is 20.1. The summed E-state index contributed by atoms with van der Waals surface area (Å²) < 4.78 is 36.0. The molecule has 42 heavy (non-hydrogen) atoms. The van der Waals surface area contributed by atoms with Crippen LogP contribution in [-0.4, -0.2) is 25.9 Å². The molecule has 1 aliphatic carbocycles. The van der Waals surface area contributed by atoms with Crippen LogP contribution in [0.5, 0.6) is 11.5 Å². The predicted octanol–water partition coefficient (Wildman–Crippen LogP) is 5.04. The topological polar surface area (TPSA) is 124 Å². The number of nitrogens with zero attached hydrogens (tertiary/aromatic N) is 3. The Morgan fingerprint density at radius 2 is 1.74 bits per heavy atom. The molecule has 0 bridgehead atoms. The summed E-state index contributed by atoms with van der Waals surface area (Å²) in [6.07, 6.45) is 5.25. The van der Waals surface area contributed by atoms with Gasteiger partial charge in [0.1, 0.15) is 22.9 Å². The molecule has 4 aromatic rings. The highest BCUT2D eigenvalue weighted by Gasteiger charge is 2.25. The van der Waals surface area contributed by atoms with Crippen LogP contribution in [-0.2, 0) is 4.79 Å². The Balaban J connectivity index is 1.36. The summed E-state index contributed by atoms with van der Waals surface area (Å²) >= 11 is 0. The van der Waals surface area contributed by atoms with Crippen molar-refractivity contribution in [2.75, 3.05) is 10.6 Å². The van der Waals surface area contributed by atoms with Crippen molar-refractivity contribution in [2.45, 2.75) is 39.2 Å². The van der Waals surface area contributed by atoms with Gasteiger partial charge in [0.15, 0.2) is 11.6 Å². The molecule has 0 unspecified atom stereocenters. The Morgan fingerprint density at radius 1 is 1.00 bits per heavy atom. The van der Waals surface area contributed by atoms with Gasteiger partial charge in [-0.15, -0.1) is 0 Å². The maximum atomic E-state index is 15.0. The van der Waals surface area contributed by atoms with Crippen molar-refractivity contribution < 1.29 is 23.1 Å². The van der Waals surface area contributed by atoms with Gasteiger partial charge in [-0.2, -0.15) is 0 Å². The van der Waals surface area contributed by atoms with E-state index in [1.807, 2.05) is 0 Å². The second-order valence-corrected chi connectivity index (χ2v) is 10.1. The molecule has 0 saturated heterocycles. The zero-order valence-electron chi connectivity index (χ0n) is 22.8. The zero-order chi connectivity index (χ0) is 30.0.